The van der Waals surface area contributed by atoms with Crippen LogP contribution in [0.3, 0.4) is 0 Å². The highest BCUT2D eigenvalue weighted by Crippen LogP contribution is 2.33. The topological polar surface area (TPSA) is 65.1 Å². The number of amides is 1. The second kappa shape index (κ2) is 7.25. The quantitative estimate of drug-likeness (QED) is 0.908. The van der Waals surface area contributed by atoms with E-state index in [0.29, 0.717) is 6.42 Å². The van der Waals surface area contributed by atoms with Crippen LogP contribution in [-0.2, 0) is 11.2 Å². The molecule has 1 aliphatic heterocycles. The maximum Gasteiger partial charge on any atom is 0.223 e. The Morgan fingerprint density at radius 1 is 1.40 bits per heavy atom. The van der Waals surface area contributed by atoms with Crippen molar-refractivity contribution in [2.24, 2.45) is 0 Å². The Balaban J connectivity index is 1.71. The number of pyridine rings is 1. The first-order chi connectivity index (χ1) is 12.0. The number of H-pyrrole nitrogens is 1. The van der Waals surface area contributed by atoms with Gasteiger partial charge in [-0.1, -0.05) is 0 Å². The molecule has 25 heavy (non-hydrogen) atoms. The van der Waals surface area contributed by atoms with Crippen molar-refractivity contribution in [3.8, 4) is 0 Å². The Morgan fingerprint density at radius 2 is 2.20 bits per heavy atom. The van der Waals surface area contributed by atoms with Gasteiger partial charge in [0.25, 0.3) is 0 Å². The molecule has 0 aromatic carbocycles. The second-order valence-electron chi connectivity index (χ2n) is 7.00. The highest BCUT2D eigenvalue weighted by atomic mass is 16.2. The zero-order valence-electron chi connectivity index (χ0n) is 15.5. The molecular formula is C19H27N5O. The van der Waals surface area contributed by atoms with Gasteiger partial charge in [-0.3, -0.25) is 9.89 Å². The number of anilines is 1. The second-order valence-corrected chi connectivity index (χ2v) is 7.00. The zero-order chi connectivity index (χ0) is 18.0. The van der Waals surface area contributed by atoms with Crippen LogP contribution >= 0.6 is 0 Å². The number of hydrogen-bond donors (Lipinski definition) is 1. The van der Waals surface area contributed by atoms with E-state index in [4.69, 9.17) is 0 Å². The van der Waals surface area contributed by atoms with E-state index in [0.717, 1.165) is 43.0 Å². The lowest BCUT2D eigenvalue weighted by molar-refractivity contribution is -0.132. The number of hydrogen-bond acceptors (Lipinski definition) is 4. The van der Waals surface area contributed by atoms with Gasteiger partial charge in [-0.05, 0) is 56.4 Å². The zero-order valence-corrected chi connectivity index (χ0v) is 15.5. The summed E-state index contributed by atoms with van der Waals surface area (Å²) in [5.41, 5.74) is 4.41. The number of likely N-dealkylation sites (tertiary alicyclic amines) is 1. The number of aromatic nitrogens is 3. The first-order valence-corrected chi connectivity index (χ1v) is 8.90. The molecule has 1 saturated heterocycles. The summed E-state index contributed by atoms with van der Waals surface area (Å²) >= 11 is 0. The van der Waals surface area contributed by atoms with Crippen molar-refractivity contribution in [2.45, 2.75) is 45.6 Å². The summed E-state index contributed by atoms with van der Waals surface area (Å²) < 4.78 is 0. The molecule has 1 aliphatic rings. The van der Waals surface area contributed by atoms with Crippen LogP contribution in [0.4, 0.5) is 5.82 Å². The van der Waals surface area contributed by atoms with Crippen molar-refractivity contribution in [1.82, 2.24) is 20.1 Å². The Bertz CT molecular complexity index is 733. The molecular weight excluding hydrogens is 314 g/mol. The number of aromatic amines is 1. The summed E-state index contributed by atoms with van der Waals surface area (Å²) in [4.78, 5) is 21.3. The molecule has 6 heteroatoms. The van der Waals surface area contributed by atoms with Crippen molar-refractivity contribution in [3.05, 3.63) is 40.8 Å². The largest absolute Gasteiger partial charge is 0.363 e. The number of rotatable bonds is 5. The fourth-order valence-electron chi connectivity index (χ4n) is 3.62. The number of carbonyl (C=O) groups excluding carboxylic acids is 1. The van der Waals surface area contributed by atoms with Crippen LogP contribution in [0.5, 0.6) is 0 Å². The van der Waals surface area contributed by atoms with Crippen LogP contribution < -0.4 is 4.90 Å². The summed E-state index contributed by atoms with van der Waals surface area (Å²) in [6.07, 6.45) is 5.19. The Morgan fingerprint density at radius 3 is 2.88 bits per heavy atom. The van der Waals surface area contributed by atoms with Crippen LogP contribution in [0.1, 0.15) is 47.8 Å². The molecule has 0 spiro atoms. The first-order valence-electron chi connectivity index (χ1n) is 8.90. The maximum absolute atomic E-state index is 12.8. The van der Waals surface area contributed by atoms with Gasteiger partial charge >= 0.3 is 0 Å². The van der Waals surface area contributed by atoms with Crippen LogP contribution in [0.25, 0.3) is 0 Å². The van der Waals surface area contributed by atoms with Crippen LogP contribution in [-0.4, -0.2) is 46.6 Å². The lowest BCUT2D eigenvalue weighted by Crippen LogP contribution is -2.31. The molecule has 1 N–H and O–H groups in total. The summed E-state index contributed by atoms with van der Waals surface area (Å²) in [5.74, 6) is 1.16. The number of nitrogens with zero attached hydrogens (tertiary/aromatic N) is 4. The van der Waals surface area contributed by atoms with Crippen LogP contribution in [0.15, 0.2) is 18.3 Å². The number of carbonyl (C=O) groups is 1. The molecule has 2 aromatic heterocycles. The molecule has 0 saturated carbocycles. The Kier molecular flexibility index (Phi) is 5.06. The van der Waals surface area contributed by atoms with E-state index in [2.05, 4.69) is 21.2 Å². The standard InChI is InChI=1S/C19H27N5O/c1-13-16(14(2)22-21-13)7-8-19(25)24-11-5-6-17(24)15-9-10-20-18(12-15)23(3)4/h9-10,12,17H,5-8,11H2,1-4H3,(H,21,22). The summed E-state index contributed by atoms with van der Waals surface area (Å²) in [5, 5.41) is 7.21. The molecule has 1 fully saturated rings. The van der Waals surface area contributed by atoms with E-state index >= 15 is 0 Å². The molecule has 3 heterocycles. The van der Waals surface area contributed by atoms with Crippen LogP contribution in [0, 0.1) is 13.8 Å². The van der Waals surface area contributed by atoms with Crippen LogP contribution in [0.2, 0.25) is 0 Å². The van der Waals surface area contributed by atoms with Crippen molar-refractivity contribution >= 4 is 11.7 Å². The smallest absolute Gasteiger partial charge is 0.223 e. The van der Waals surface area contributed by atoms with Gasteiger partial charge in [0.1, 0.15) is 5.82 Å². The number of aryl methyl sites for hydroxylation is 2. The average Bonchev–Trinajstić information content (AvgIpc) is 3.20. The van der Waals surface area contributed by atoms with Gasteiger partial charge in [0.2, 0.25) is 5.91 Å². The Hall–Kier alpha value is -2.37. The van der Waals surface area contributed by atoms with Gasteiger partial charge in [0, 0.05) is 39.0 Å². The molecule has 0 aliphatic carbocycles. The molecule has 6 nitrogen and oxygen atoms in total. The van der Waals surface area contributed by atoms with E-state index in [1.165, 1.54) is 11.1 Å². The SMILES string of the molecule is Cc1n[nH]c(C)c1CCC(=O)N1CCCC1c1ccnc(N(C)C)c1. The minimum absolute atomic E-state index is 0.167. The van der Waals surface area contributed by atoms with E-state index in [-0.39, 0.29) is 11.9 Å². The third-order valence-electron chi connectivity index (χ3n) is 5.06. The molecule has 1 unspecified atom stereocenters. The molecule has 2 aromatic rings. The minimum Gasteiger partial charge on any atom is -0.363 e. The van der Waals surface area contributed by atoms with E-state index in [1.807, 2.05) is 50.0 Å². The average molecular weight is 341 g/mol. The molecule has 0 bridgehead atoms. The fourth-order valence-corrected chi connectivity index (χ4v) is 3.62. The van der Waals surface area contributed by atoms with Crippen molar-refractivity contribution in [3.63, 3.8) is 0 Å². The summed E-state index contributed by atoms with van der Waals surface area (Å²) in [6, 6.07) is 4.30. The molecule has 0 radical (unpaired) electrons. The Labute approximate surface area is 149 Å². The lowest BCUT2D eigenvalue weighted by atomic mass is 10.0. The third kappa shape index (κ3) is 3.67. The molecule has 1 amide bonds. The molecule has 3 rings (SSSR count). The van der Waals surface area contributed by atoms with Crippen molar-refractivity contribution < 1.29 is 4.79 Å². The predicted octanol–water partition coefficient (Wildman–Crippen LogP) is 2.78. The van der Waals surface area contributed by atoms with Crippen molar-refractivity contribution in [1.29, 1.82) is 0 Å². The fraction of sp³-hybridized carbons (Fsp3) is 0.526. The van der Waals surface area contributed by atoms with E-state index in [1.54, 1.807) is 0 Å². The maximum atomic E-state index is 12.8. The van der Waals surface area contributed by atoms with Gasteiger partial charge in [-0.15, -0.1) is 0 Å². The van der Waals surface area contributed by atoms with Crippen molar-refractivity contribution in [2.75, 3.05) is 25.5 Å². The van der Waals surface area contributed by atoms with Gasteiger partial charge < -0.3 is 9.80 Å². The molecule has 1 atom stereocenters. The molecule has 134 valence electrons. The normalized spacial score (nSPS) is 17.1. The van der Waals surface area contributed by atoms with E-state index in [9.17, 15) is 4.79 Å². The third-order valence-corrected chi connectivity index (χ3v) is 5.06. The highest BCUT2D eigenvalue weighted by molar-refractivity contribution is 5.77. The van der Waals surface area contributed by atoms with Gasteiger partial charge in [0.15, 0.2) is 0 Å². The first kappa shape index (κ1) is 17.5. The van der Waals surface area contributed by atoms with Gasteiger partial charge in [-0.2, -0.15) is 5.10 Å². The summed E-state index contributed by atoms with van der Waals surface area (Å²) in [6.45, 7) is 4.84. The summed E-state index contributed by atoms with van der Waals surface area (Å²) in [7, 11) is 3.97. The monoisotopic (exact) mass is 341 g/mol. The number of nitrogens with one attached hydrogen (secondary N) is 1. The van der Waals surface area contributed by atoms with E-state index < -0.39 is 0 Å². The highest BCUT2D eigenvalue weighted by Gasteiger charge is 2.30. The predicted molar refractivity (Wildman–Crippen MR) is 98.6 cm³/mol. The lowest BCUT2D eigenvalue weighted by Gasteiger charge is -2.26. The van der Waals surface area contributed by atoms with Gasteiger partial charge in [0.05, 0.1) is 11.7 Å². The van der Waals surface area contributed by atoms with Gasteiger partial charge in [-0.25, -0.2) is 4.98 Å². The minimum atomic E-state index is 0.167.